The molecular formula is C16H25N3O2. The number of rotatable bonds is 6. The van der Waals surface area contributed by atoms with Crippen LogP contribution in [0.5, 0.6) is 0 Å². The number of morpholine rings is 1. The minimum Gasteiger partial charge on any atom is -0.378 e. The smallest absolute Gasteiger partial charge is 0.255 e. The fourth-order valence-corrected chi connectivity index (χ4v) is 2.58. The number of carbonyl (C=O) groups is 1. The van der Waals surface area contributed by atoms with Gasteiger partial charge in [0.25, 0.3) is 5.91 Å². The molecule has 1 aliphatic rings. The zero-order chi connectivity index (χ0) is 15.1. The number of ether oxygens (including phenoxy) is 1. The van der Waals surface area contributed by atoms with E-state index in [9.17, 15) is 4.79 Å². The highest BCUT2D eigenvalue weighted by Gasteiger charge is 2.19. The van der Waals surface area contributed by atoms with Crippen LogP contribution in [0.25, 0.3) is 0 Å². The van der Waals surface area contributed by atoms with Gasteiger partial charge in [-0.3, -0.25) is 9.78 Å². The molecule has 1 saturated heterocycles. The Kier molecular flexibility index (Phi) is 5.99. The van der Waals surface area contributed by atoms with Gasteiger partial charge >= 0.3 is 0 Å². The molecule has 0 saturated carbocycles. The Hall–Kier alpha value is -1.62. The molecule has 0 N–H and O–H groups in total. The molecule has 1 aromatic heterocycles. The normalized spacial score (nSPS) is 15.0. The molecular weight excluding hydrogens is 266 g/mol. The molecule has 1 fully saturated rings. The topological polar surface area (TPSA) is 45.7 Å². The summed E-state index contributed by atoms with van der Waals surface area (Å²) in [6.45, 7) is 8.88. The molecule has 2 rings (SSSR count). The van der Waals surface area contributed by atoms with Crippen LogP contribution in [-0.2, 0) is 4.74 Å². The van der Waals surface area contributed by atoms with Crippen LogP contribution in [0.2, 0.25) is 0 Å². The molecule has 1 aromatic rings. The van der Waals surface area contributed by atoms with Crippen molar-refractivity contribution < 1.29 is 9.53 Å². The SMILES string of the molecule is CCCN(CCC)c1cncc(C(=O)N2CCOCC2)c1. The highest BCUT2D eigenvalue weighted by molar-refractivity contribution is 5.94. The second-order valence-corrected chi connectivity index (χ2v) is 5.32. The summed E-state index contributed by atoms with van der Waals surface area (Å²) < 4.78 is 5.29. The highest BCUT2D eigenvalue weighted by atomic mass is 16.5. The van der Waals surface area contributed by atoms with Crippen LogP contribution in [-0.4, -0.2) is 55.2 Å². The van der Waals surface area contributed by atoms with E-state index in [-0.39, 0.29) is 5.91 Å². The Balaban J connectivity index is 2.13. The van der Waals surface area contributed by atoms with E-state index in [1.165, 1.54) is 0 Å². The summed E-state index contributed by atoms with van der Waals surface area (Å²) in [5.74, 6) is 0.0561. The van der Waals surface area contributed by atoms with Crippen molar-refractivity contribution in [2.24, 2.45) is 0 Å². The summed E-state index contributed by atoms with van der Waals surface area (Å²) in [6, 6.07) is 1.97. The Morgan fingerprint density at radius 3 is 2.52 bits per heavy atom. The predicted octanol–water partition coefficient (Wildman–Crippen LogP) is 2.18. The number of hydrogen-bond donors (Lipinski definition) is 0. The first-order valence-electron chi connectivity index (χ1n) is 7.83. The summed E-state index contributed by atoms with van der Waals surface area (Å²) in [5.41, 5.74) is 1.71. The molecule has 0 spiro atoms. The van der Waals surface area contributed by atoms with E-state index < -0.39 is 0 Å². The van der Waals surface area contributed by atoms with Crippen LogP contribution in [0, 0.1) is 0 Å². The van der Waals surface area contributed by atoms with Crippen LogP contribution >= 0.6 is 0 Å². The zero-order valence-corrected chi connectivity index (χ0v) is 13.0. The van der Waals surface area contributed by atoms with Crippen LogP contribution in [0.3, 0.4) is 0 Å². The van der Waals surface area contributed by atoms with Gasteiger partial charge < -0.3 is 14.5 Å². The van der Waals surface area contributed by atoms with Crippen LogP contribution in [0.4, 0.5) is 5.69 Å². The number of nitrogens with zero attached hydrogens (tertiary/aromatic N) is 3. The van der Waals surface area contributed by atoms with Gasteiger partial charge in [0.2, 0.25) is 0 Å². The lowest BCUT2D eigenvalue weighted by Crippen LogP contribution is -2.40. The minimum absolute atomic E-state index is 0.0561. The molecule has 0 aromatic carbocycles. The van der Waals surface area contributed by atoms with Crippen molar-refractivity contribution >= 4 is 11.6 Å². The number of pyridine rings is 1. The van der Waals surface area contributed by atoms with E-state index >= 15 is 0 Å². The second kappa shape index (κ2) is 7.98. The largest absolute Gasteiger partial charge is 0.378 e. The molecule has 0 aliphatic carbocycles. The molecule has 0 radical (unpaired) electrons. The third-order valence-corrected chi connectivity index (χ3v) is 3.62. The quantitative estimate of drug-likeness (QED) is 0.806. The van der Waals surface area contributed by atoms with E-state index in [2.05, 4.69) is 23.7 Å². The summed E-state index contributed by atoms with van der Waals surface area (Å²) >= 11 is 0. The van der Waals surface area contributed by atoms with Gasteiger partial charge in [-0.2, -0.15) is 0 Å². The molecule has 1 aliphatic heterocycles. The molecule has 116 valence electrons. The van der Waals surface area contributed by atoms with Crippen LogP contribution < -0.4 is 4.90 Å². The fraction of sp³-hybridized carbons (Fsp3) is 0.625. The highest BCUT2D eigenvalue weighted by Crippen LogP contribution is 2.17. The number of carbonyl (C=O) groups excluding carboxylic acids is 1. The van der Waals surface area contributed by atoms with Gasteiger partial charge in [-0.25, -0.2) is 0 Å². The second-order valence-electron chi connectivity index (χ2n) is 5.32. The van der Waals surface area contributed by atoms with Gasteiger partial charge in [-0.1, -0.05) is 13.8 Å². The monoisotopic (exact) mass is 291 g/mol. The first-order chi connectivity index (χ1) is 10.3. The summed E-state index contributed by atoms with van der Waals surface area (Å²) in [6.07, 6.45) is 5.68. The molecule has 0 atom stereocenters. The third-order valence-electron chi connectivity index (χ3n) is 3.62. The average Bonchev–Trinajstić information content (AvgIpc) is 2.55. The minimum atomic E-state index is 0.0561. The van der Waals surface area contributed by atoms with E-state index in [4.69, 9.17) is 4.74 Å². The van der Waals surface area contributed by atoms with Crippen LogP contribution in [0.15, 0.2) is 18.5 Å². The van der Waals surface area contributed by atoms with E-state index in [1.54, 1.807) is 6.20 Å². The summed E-state index contributed by atoms with van der Waals surface area (Å²) in [4.78, 5) is 20.9. The van der Waals surface area contributed by atoms with Crippen molar-refractivity contribution in [1.82, 2.24) is 9.88 Å². The first-order valence-corrected chi connectivity index (χ1v) is 7.83. The average molecular weight is 291 g/mol. The molecule has 0 unspecified atom stereocenters. The molecule has 2 heterocycles. The van der Waals surface area contributed by atoms with Crippen molar-refractivity contribution in [2.45, 2.75) is 26.7 Å². The molecule has 5 nitrogen and oxygen atoms in total. The van der Waals surface area contributed by atoms with Gasteiger partial charge in [0, 0.05) is 32.4 Å². The maximum Gasteiger partial charge on any atom is 0.255 e. The Morgan fingerprint density at radius 1 is 1.24 bits per heavy atom. The summed E-state index contributed by atoms with van der Waals surface area (Å²) in [7, 11) is 0. The van der Waals surface area contributed by atoms with Gasteiger partial charge in [0.1, 0.15) is 0 Å². The molecule has 21 heavy (non-hydrogen) atoms. The van der Waals surface area contributed by atoms with Gasteiger partial charge in [-0.05, 0) is 18.9 Å². The number of anilines is 1. The Bertz CT molecular complexity index is 453. The van der Waals surface area contributed by atoms with E-state index in [0.29, 0.717) is 31.9 Å². The van der Waals surface area contributed by atoms with Crippen molar-refractivity contribution in [3.05, 3.63) is 24.0 Å². The number of hydrogen-bond acceptors (Lipinski definition) is 4. The maximum absolute atomic E-state index is 12.5. The lowest BCUT2D eigenvalue weighted by Gasteiger charge is -2.28. The third kappa shape index (κ3) is 4.17. The lowest BCUT2D eigenvalue weighted by molar-refractivity contribution is 0.0302. The number of aromatic nitrogens is 1. The van der Waals surface area contributed by atoms with Gasteiger partial charge in [0.05, 0.1) is 30.7 Å². The number of amides is 1. The fourth-order valence-electron chi connectivity index (χ4n) is 2.58. The van der Waals surface area contributed by atoms with Gasteiger partial charge in [-0.15, -0.1) is 0 Å². The van der Waals surface area contributed by atoms with Crippen LogP contribution in [0.1, 0.15) is 37.0 Å². The predicted molar refractivity (Wildman–Crippen MR) is 83.8 cm³/mol. The van der Waals surface area contributed by atoms with E-state index in [0.717, 1.165) is 31.6 Å². The van der Waals surface area contributed by atoms with Crippen molar-refractivity contribution in [1.29, 1.82) is 0 Å². The first kappa shape index (κ1) is 15.8. The molecule has 5 heteroatoms. The summed E-state index contributed by atoms with van der Waals surface area (Å²) in [5, 5.41) is 0. The van der Waals surface area contributed by atoms with E-state index in [1.807, 2.05) is 17.2 Å². The zero-order valence-electron chi connectivity index (χ0n) is 13.0. The maximum atomic E-state index is 12.5. The van der Waals surface area contributed by atoms with Crippen molar-refractivity contribution in [3.8, 4) is 0 Å². The Labute approximate surface area is 126 Å². The van der Waals surface area contributed by atoms with Crippen molar-refractivity contribution in [2.75, 3.05) is 44.3 Å². The molecule has 0 bridgehead atoms. The Morgan fingerprint density at radius 2 is 1.90 bits per heavy atom. The standard InChI is InChI=1S/C16H25N3O2/c1-3-5-18(6-4-2)15-11-14(12-17-13-15)16(20)19-7-9-21-10-8-19/h11-13H,3-10H2,1-2H3. The van der Waals surface area contributed by atoms with Gasteiger partial charge in [0.15, 0.2) is 0 Å². The molecule has 1 amide bonds. The van der Waals surface area contributed by atoms with Crippen molar-refractivity contribution in [3.63, 3.8) is 0 Å². The lowest BCUT2D eigenvalue weighted by atomic mass is 10.2.